The quantitative estimate of drug-likeness (QED) is 0.846. The first kappa shape index (κ1) is 13.6. The van der Waals surface area contributed by atoms with Crippen LogP contribution >= 0.6 is 0 Å². The molecule has 1 aromatic rings. The first-order valence-electron chi connectivity index (χ1n) is 6.68. The lowest BCUT2D eigenvalue weighted by atomic mass is 10.1. The Kier molecular flexibility index (Phi) is 4.45. The molecule has 0 aromatic carbocycles. The highest BCUT2D eigenvalue weighted by Crippen LogP contribution is 2.32. The molecule has 1 aliphatic heterocycles. The van der Waals surface area contributed by atoms with Crippen molar-refractivity contribution in [3.8, 4) is 0 Å². The lowest BCUT2D eigenvalue weighted by molar-refractivity contribution is 0.285. The number of hydrogen-bond acceptors (Lipinski definition) is 3. The number of hydrogen-bond donors (Lipinski definition) is 0. The molecule has 1 atom stereocenters. The molecule has 0 aliphatic carbocycles. The third-order valence-corrected chi connectivity index (χ3v) is 5.47. The van der Waals surface area contributed by atoms with Crippen LogP contribution in [0.1, 0.15) is 50.8 Å². The van der Waals surface area contributed by atoms with Crippen LogP contribution in [-0.4, -0.2) is 25.0 Å². The lowest BCUT2D eigenvalue weighted by Gasteiger charge is -2.27. The fourth-order valence-corrected chi connectivity index (χ4v) is 4.31. The summed E-state index contributed by atoms with van der Waals surface area (Å²) >= 11 is 0. The molecule has 4 nitrogen and oxygen atoms in total. The molecule has 0 unspecified atom stereocenters. The molecule has 0 N–H and O–H groups in total. The summed E-state index contributed by atoms with van der Waals surface area (Å²) in [5.74, 6) is 1.00. The van der Waals surface area contributed by atoms with Gasteiger partial charge in [-0.25, -0.2) is 8.42 Å². The van der Waals surface area contributed by atoms with Crippen LogP contribution in [0.5, 0.6) is 0 Å². The molecule has 0 saturated carbocycles. The van der Waals surface area contributed by atoms with Crippen molar-refractivity contribution in [2.45, 2.75) is 45.1 Å². The summed E-state index contributed by atoms with van der Waals surface area (Å²) in [5.41, 5.74) is 0. The van der Waals surface area contributed by atoms with Gasteiger partial charge in [-0.3, -0.25) is 0 Å². The van der Waals surface area contributed by atoms with Gasteiger partial charge in [-0.1, -0.05) is 19.8 Å². The van der Waals surface area contributed by atoms with E-state index in [1.807, 2.05) is 19.1 Å². The van der Waals surface area contributed by atoms with Gasteiger partial charge in [-0.2, -0.15) is 4.31 Å². The number of sulfonamides is 1. The Balaban J connectivity index is 2.28. The molecule has 2 heterocycles. The molecule has 18 heavy (non-hydrogen) atoms. The van der Waals surface area contributed by atoms with Crippen molar-refractivity contribution in [1.29, 1.82) is 0 Å². The van der Waals surface area contributed by atoms with Gasteiger partial charge in [0.05, 0.1) is 18.1 Å². The monoisotopic (exact) mass is 271 g/mol. The average Bonchev–Trinajstić information content (AvgIpc) is 2.72. The fourth-order valence-electron chi connectivity index (χ4n) is 2.56. The second-order valence-corrected chi connectivity index (χ2v) is 6.85. The van der Waals surface area contributed by atoms with Gasteiger partial charge in [0.1, 0.15) is 5.76 Å². The molecule has 1 fully saturated rings. The zero-order valence-corrected chi connectivity index (χ0v) is 11.7. The van der Waals surface area contributed by atoms with Crippen LogP contribution in [0.4, 0.5) is 0 Å². The summed E-state index contributed by atoms with van der Waals surface area (Å²) in [6, 6.07) is 3.59. The molecule has 0 bridgehead atoms. The van der Waals surface area contributed by atoms with E-state index in [1.54, 1.807) is 10.6 Å². The maximum absolute atomic E-state index is 12.3. The maximum Gasteiger partial charge on any atom is 0.214 e. The summed E-state index contributed by atoms with van der Waals surface area (Å²) in [6.07, 6.45) is 6.23. The van der Waals surface area contributed by atoms with E-state index in [1.165, 1.54) is 0 Å². The van der Waals surface area contributed by atoms with Crippen molar-refractivity contribution >= 4 is 10.0 Å². The Bertz CT molecular complexity index is 453. The molecule has 0 amide bonds. The predicted molar refractivity (Wildman–Crippen MR) is 70.7 cm³/mol. The molecule has 0 radical (unpaired) electrons. The zero-order chi connectivity index (χ0) is 13.0. The van der Waals surface area contributed by atoms with E-state index < -0.39 is 10.0 Å². The maximum atomic E-state index is 12.3. The minimum absolute atomic E-state index is 0.112. The third-order valence-electron chi connectivity index (χ3n) is 3.39. The average molecular weight is 271 g/mol. The second kappa shape index (κ2) is 5.89. The molecule has 5 heteroatoms. The van der Waals surface area contributed by atoms with E-state index in [2.05, 4.69) is 0 Å². The standard InChI is InChI=1S/C13H21NO3S/c1-2-11-18(15,16)14-9-5-3-4-7-12(14)13-8-6-10-17-13/h6,8,10,12H,2-5,7,9,11H2,1H3/t12-/m0/s1. The molecule has 1 aliphatic rings. The highest BCUT2D eigenvalue weighted by molar-refractivity contribution is 7.89. The number of rotatable bonds is 4. The first-order chi connectivity index (χ1) is 8.65. The molecular formula is C13H21NO3S. The summed E-state index contributed by atoms with van der Waals surface area (Å²) in [4.78, 5) is 0. The van der Waals surface area contributed by atoms with Gasteiger partial charge in [0.2, 0.25) is 10.0 Å². The normalized spacial score (nSPS) is 22.8. The van der Waals surface area contributed by atoms with Crippen molar-refractivity contribution in [2.24, 2.45) is 0 Å². The van der Waals surface area contributed by atoms with Crippen LogP contribution in [0.3, 0.4) is 0 Å². The Labute approximate surface area is 109 Å². The van der Waals surface area contributed by atoms with E-state index in [4.69, 9.17) is 4.42 Å². The van der Waals surface area contributed by atoms with Crippen molar-refractivity contribution in [1.82, 2.24) is 4.31 Å². The Morgan fingerprint density at radius 3 is 2.89 bits per heavy atom. The molecule has 0 spiro atoms. The van der Waals surface area contributed by atoms with Gasteiger partial charge in [-0.15, -0.1) is 0 Å². The fraction of sp³-hybridized carbons (Fsp3) is 0.692. The first-order valence-corrected chi connectivity index (χ1v) is 8.29. The molecular weight excluding hydrogens is 250 g/mol. The summed E-state index contributed by atoms with van der Waals surface area (Å²) in [6.45, 7) is 2.52. The highest BCUT2D eigenvalue weighted by atomic mass is 32.2. The second-order valence-electron chi connectivity index (χ2n) is 4.81. The van der Waals surface area contributed by atoms with Gasteiger partial charge < -0.3 is 4.42 Å². The SMILES string of the molecule is CCCS(=O)(=O)N1CCCCC[C@H]1c1ccco1. The molecule has 102 valence electrons. The Morgan fingerprint density at radius 2 is 2.22 bits per heavy atom. The van der Waals surface area contributed by atoms with Gasteiger partial charge in [0.25, 0.3) is 0 Å². The van der Waals surface area contributed by atoms with E-state index in [0.717, 1.165) is 31.4 Å². The van der Waals surface area contributed by atoms with Gasteiger partial charge in [-0.05, 0) is 31.4 Å². The summed E-state index contributed by atoms with van der Waals surface area (Å²) in [7, 11) is -3.16. The van der Waals surface area contributed by atoms with Crippen LogP contribution in [0.2, 0.25) is 0 Å². The third kappa shape index (κ3) is 2.95. The summed E-state index contributed by atoms with van der Waals surface area (Å²) < 4.78 is 31.7. The number of nitrogens with zero attached hydrogens (tertiary/aromatic N) is 1. The van der Waals surface area contributed by atoms with Crippen molar-refractivity contribution in [2.75, 3.05) is 12.3 Å². The van der Waals surface area contributed by atoms with Crippen LogP contribution in [0.25, 0.3) is 0 Å². The van der Waals surface area contributed by atoms with Crippen LogP contribution in [0, 0.1) is 0 Å². The minimum Gasteiger partial charge on any atom is -0.468 e. The number of furan rings is 1. The summed E-state index contributed by atoms with van der Waals surface area (Å²) in [5, 5.41) is 0. The Hall–Kier alpha value is -0.810. The van der Waals surface area contributed by atoms with Crippen molar-refractivity contribution < 1.29 is 12.8 Å². The van der Waals surface area contributed by atoms with E-state index in [-0.39, 0.29) is 11.8 Å². The lowest BCUT2D eigenvalue weighted by Crippen LogP contribution is -2.36. The Morgan fingerprint density at radius 1 is 1.39 bits per heavy atom. The van der Waals surface area contributed by atoms with Crippen LogP contribution < -0.4 is 0 Å². The molecule has 1 saturated heterocycles. The van der Waals surface area contributed by atoms with Crippen LogP contribution in [0.15, 0.2) is 22.8 Å². The van der Waals surface area contributed by atoms with E-state index in [0.29, 0.717) is 13.0 Å². The smallest absolute Gasteiger partial charge is 0.214 e. The van der Waals surface area contributed by atoms with Gasteiger partial charge >= 0.3 is 0 Å². The van der Waals surface area contributed by atoms with E-state index in [9.17, 15) is 8.42 Å². The van der Waals surface area contributed by atoms with Crippen molar-refractivity contribution in [3.63, 3.8) is 0 Å². The minimum atomic E-state index is -3.16. The van der Waals surface area contributed by atoms with Crippen molar-refractivity contribution in [3.05, 3.63) is 24.2 Å². The topological polar surface area (TPSA) is 50.5 Å². The van der Waals surface area contributed by atoms with Crippen LogP contribution in [-0.2, 0) is 10.0 Å². The van der Waals surface area contributed by atoms with E-state index >= 15 is 0 Å². The largest absolute Gasteiger partial charge is 0.468 e. The zero-order valence-electron chi connectivity index (χ0n) is 10.8. The molecule has 2 rings (SSSR count). The highest BCUT2D eigenvalue weighted by Gasteiger charge is 2.32. The predicted octanol–water partition coefficient (Wildman–Crippen LogP) is 2.94. The van der Waals surface area contributed by atoms with Gasteiger partial charge in [0, 0.05) is 6.54 Å². The van der Waals surface area contributed by atoms with Gasteiger partial charge in [0.15, 0.2) is 0 Å². The molecule has 1 aromatic heterocycles.